The number of carbonyl (C=O) groups is 2. The number of ketones is 1. The first kappa shape index (κ1) is 11.5. The summed E-state index contributed by atoms with van der Waals surface area (Å²) in [7, 11) is 1.26. The van der Waals surface area contributed by atoms with Crippen molar-refractivity contribution in [3.05, 3.63) is 0 Å². The van der Waals surface area contributed by atoms with Gasteiger partial charge in [0.25, 0.3) is 0 Å². The summed E-state index contributed by atoms with van der Waals surface area (Å²) < 4.78 is 4.20. The van der Waals surface area contributed by atoms with Gasteiger partial charge in [0.05, 0.1) is 7.11 Å². The normalized spacial score (nSPS) is 7.33. The van der Waals surface area contributed by atoms with E-state index < -0.39 is 5.97 Å². The quantitative estimate of drug-likeness (QED) is 0.304. The third-order valence-electron chi connectivity index (χ3n) is 0.621. The fourth-order valence-electron chi connectivity index (χ4n) is 0.275. The number of esters is 1. The summed E-state index contributed by atoms with van der Waals surface area (Å²) in [5.41, 5.74) is 0. The van der Waals surface area contributed by atoms with E-state index in [1.807, 2.05) is 0 Å². The number of carbonyl (C=O) groups excluding carboxylic acids is 2. The molecule has 0 spiro atoms. The van der Waals surface area contributed by atoms with E-state index >= 15 is 0 Å². The van der Waals surface area contributed by atoms with Crippen LogP contribution in [0.5, 0.6) is 0 Å². The van der Waals surface area contributed by atoms with Gasteiger partial charge in [-0.1, -0.05) is 0 Å². The number of ether oxygens (including phenoxy) is 1. The molecule has 0 fully saturated rings. The molecular formula is C5H8AlO3. The predicted molar refractivity (Wildman–Crippen MR) is 33.1 cm³/mol. The summed E-state index contributed by atoms with van der Waals surface area (Å²) in [6, 6.07) is 0. The second-order valence-electron chi connectivity index (χ2n) is 1.45. The average Bonchev–Trinajstić information content (AvgIpc) is 1.65. The van der Waals surface area contributed by atoms with Gasteiger partial charge < -0.3 is 4.74 Å². The van der Waals surface area contributed by atoms with Gasteiger partial charge in [-0.05, 0) is 6.92 Å². The minimum atomic E-state index is -0.475. The van der Waals surface area contributed by atoms with Crippen molar-refractivity contribution in [1.82, 2.24) is 0 Å². The Labute approximate surface area is 64.5 Å². The van der Waals surface area contributed by atoms with E-state index in [4.69, 9.17) is 0 Å². The van der Waals surface area contributed by atoms with Crippen LogP contribution in [0.25, 0.3) is 0 Å². The van der Waals surface area contributed by atoms with Crippen molar-refractivity contribution in [3.63, 3.8) is 0 Å². The third-order valence-corrected chi connectivity index (χ3v) is 0.621. The summed E-state index contributed by atoms with van der Waals surface area (Å²) in [5, 5.41) is 0. The largest absolute Gasteiger partial charge is 0.469 e. The first-order valence-corrected chi connectivity index (χ1v) is 2.23. The van der Waals surface area contributed by atoms with Gasteiger partial charge in [0.15, 0.2) is 0 Å². The molecule has 0 aliphatic heterocycles. The van der Waals surface area contributed by atoms with Crippen molar-refractivity contribution in [1.29, 1.82) is 0 Å². The Hall–Kier alpha value is -0.328. The summed E-state index contributed by atoms with van der Waals surface area (Å²) in [5.74, 6) is -0.644. The van der Waals surface area contributed by atoms with E-state index in [9.17, 15) is 9.59 Å². The second kappa shape index (κ2) is 5.80. The van der Waals surface area contributed by atoms with Crippen LogP contribution in [-0.2, 0) is 14.3 Å². The van der Waals surface area contributed by atoms with E-state index in [2.05, 4.69) is 4.74 Å². The highest BCUT2D eigenvalue weighted by atomic mass is 27.0. The molecule has 49 valence electrons. The molecule has 0 rings (SSSR count). The monoisotopic (exact) mass is 143 g/mol. The highest BCUT2D eigenvalue weighted by Crippen LogP contribution is 1.83. The summed E-state index contributed by atoms with van der Waals surface area (Å²) in [4.78, 5) is 20.3. The molecule has 3 nitrogen and oxygen atoms in total. The van der Waals surface area contributed by atoms with Crippen molar-refractivity contribution >= 4 is 29.1 Å². The molecule has 0 amide bonds. The van der Waals surface area contributed by atoms with Gasteiger partial charge in [-0.2, -0.15) is 0 Å². The Kier molecular flexibility index (Phi) is 7.39. The SMILES string of the molecule is COC(=O)CC(C)=O.[Al]. The van der Waals surface area contributed by atoms with E-state index in [1.54, 1.807) is 0 Å². The topological polar surface area (TPSA) is 43.4 Å². The number of methoxy groups -OCH3 is 1. The lowest BCUT2D eigenvalue weighted by atomic mass is 10.3. The maximum absolute atomic E-state index is 10.2. The van der Waals surface area contributed by atoms with Gasteiger partial charge in [-0.3, -0.25) is 9.59 Å². The number of hydrogen-bond acceptors (Lipinski definition) is 3. The van der Waals surface area contributed by atoms with Crippen LogP contribution in [0.2, 0.25) is 0 Å². The Bertz CT molecular complexity index is 111. The molecule has 0 saturated heterocycles. The maximum atomic E-state index is 10.2. The molecule has 0 aromatic heterocycles. The number of rotatable bonds is 2. The van der Waals surface area contributed by atoms with Gasteiger partial charge in [-0.15, -0.1) is 0 Å². The molecule has 0 aromatic rings. The maximum Gasteiger partial charge on any atom is 0.313 e. The summed E-state index contributed by atoms with van der Waals surface area (Å²) in [6.07, 6.45) is -0.115. The Morgan fingerprint density at radius 2 is 1.89 bits per heavy atom. The van der Waals surface area contributed by atoms with Crippen molar-refractivity contribution < 1.29 is 14.3 Å². The molecule has 0 atom stereocenters. The molecule has 0 N–H and O–H groups in total. The minimum Gasteiger partial charge on any atom is -0.469 e. The third kappa shape index (κ3) is 7.67. The van der Waals surface area contributed by atoms with Crippen molar-refractivity contribution in [2.45, 2.75) is 13.3 Å². The number of Topliss-reactive ketones (excluding diaryl/α,β-unsaturated/α-hetero) is 1. The van der Waals surface area contributed by atoms with Crippen LogP contribution in [-0.4, -0.2) is 36.2 Å². The first-order valence-electron chi connectivity index (χ1n) is 2.23. The van der Waals surface area contributed by atoms with E-state index in [0.717, 1.165) is 0 Å². The van der Waals surface area contributed by atoms with Gasteiger partial charge >= 0.3 is 5.97 Å². The zero-order chi connectivity index (χ0) is 6.57. The smallest absolute Gasteiger partial charge is 0.313 e. The fraction of sp³-hybridized carbons (Fsp3) is 0.600. The Morgan fingerprint density at radius 1 is 1.44 bits per heavy atom. The van der Waals surface area contributed by atoms with Crippen LogP contribution in [0, 0.1) is 0 Å². The van der Waals surface area contributed by atoms with Gasteiger partial charge in [0.2, 0.25) is 0 Å². The standard InChI is InChI=1S/C5H8O3.Al/c1-4(6)3-5(7)8-2;/h3H2,1-2H3;. The number of hydrogen-bond donors (Lipinski definition) is 0. The molecule has 0 saturated carbocycles. The lowest BCUT2D eigenvalue weighted by Crippen LogP contribution is -2.05. The molecule has 4 heteroatoms. The van der Waals surface area contributed by atoms with Crippen LogP contribution in [0.15, 0.2) is 0 Å². The molecule has 0 aliphatic carbocycles. The van der Waals surface area contributed by atoms with Crippen molar-refractivity contribution in [2.75, 3.05) is 7.11 Å². The van der Waals surface area contributed by atoms with E-state index in [1.165, 1.54) is 14.0 Å². The van der Waals surface area contributed by atoms with Crippen LogP contribution >= 0.6 is 0 Å². The molecule has 0 heterocycles. The van der Waals surface area contributed by atoms with Crippen molar-refractivity contribution in [2.24, 2.45) is 0 Å². The van der Waals surface area contributed by atoms with E-state index in [-0.39, 0.29) is 29.6 Å². The van der Waals surface area contributed by atoms with Crippen LogP contribution in [0.1, 0.15) is 13.3 Å². The second-order valence-corrected chi connectivity index (χ2v) is 1.45. The van der Waals surface area contributed by atoms with Gasteiger partial charge in [0.1, 0.15) is 12.2 Å². The lowest BCUT2D eigenvalue weighted by Gasteiger charge is -1.90. The van der Waals surface area contributed by atoms with Crippen LogP contribution in [0.3, 0.4) is 0 Å². The molecule has 0 bridgehead atoms. The van der Waals surface area contributed by atoms with Crippen molar-refractivity contribution in [3.8, 4) is 0 Å². The van der Waals surface area contributed by atoms with E-state index in [0.29, 0.717) is 0 Å². The molecule has 9 heavy (non-hydrogen) atoms. The summed E-state index contributed by atoms with van der Waals surface area (Å²) >= 11 is 0. The average molecular weight is 143 g/mol. The predicted octanol–water partition coefficient (Wildman–Crippen LogP) is -0.242. The first-order chi connectivity index (χ1) is 3.66. The zero-order valence-electron chi connectivity index (χ0n) is 5.51. The van der Waals surface area contributed by atoms with Crippen LogP contribution in [0.4, 0.5) is 0 Å². The highest BCUT2D eigenvalue weighted by molar-refractivity contribution is 5.93. The Balaban J connectivity index is 0. The summed E-state index contributed by atoms with van der Waals surface area (Å²) in [6.45, 7) is 1.34. The lowest BCUT2D eigenvalue weighted by molar-refractivity contribution is -0.142. The Morgan fingerprint density at radius 3 is 2.00 bits per heavy atom. The highest BCUT2D eigenvalue weighted by Gasteiger charge is 2.01. The molecule has 0 aromatic carbocycles. The van der Waals surface area contributed by atoms with Gasteiger partial charge in [-0.25, -0.2) is 0 Å². The molecule has 0 unspecified atom stereocenters. The molecule has 0 aliphatic rings. The molecular weight excluding hydrogens is 135 g/mol. The molecule has 3 radical (unpaired) electrons. The zero-order valence-corrected chi connectivity index (χ0v) is 6.66. The minimum absolute atomic E-state index is 0. The fourth-order valence-corrected chi connectivity index (χ4v) is 0.275. The van der Waals surface area contributed by atoms with Crippen LogP contribution < -0.4 is 0 Å². The van der Waals surface area contributed by atoms with Gasteiger partial charge in [0, 0.05) is 17.4 Å².